The number of aromatic hydroxyl groups is 1. The number of hydrogen-bond donors (Lipinski definition) is 1. The fourth-order valence-electron chi connectivity index (χ4n) is 4.81. The lowest BCUT2D eigenvalue weighted by molar-refractivity contribution is 0.0269. The largest absolute Gasteiger partial charge is 0.493 e. The Labute approximate surface area is 179 Å². The van der Waals surface area contributed by atoms with E-state index in [1.54, 1.807) is 9.13 Å². The van der Waals surface area contributed by atoms with E-state index in [4.69, 9.17) is 4.74 Å². The second kappa shape index (κ2) is 9.73. The van der Waals surface area contributed by atoms with Gasteiger partial charge >= 0.3 is 5.69 Å². The van der Waals surface area contributed by atoms with Crippen molar-refractivity contribution in [3.05, 3.63) is 46.0 Å². The molecule has 2 aliphatic heterocycles. The van der Waals surface area contributed by atoms with Crippen molar-refractivity contribution in [1.82, 2.24) is 14.0 Å². The zero-order valence-corrected chi connectivity index (χ0v) is 18.2. The van der Waals surface area contributed by atoms with E-state index in [0.29, 0.717) is 6.54 Å². The number of hydrogen-bond acceptors (Lipinski definition) is 4. The van der Waals surface area contributed by atoms with Crippen molar-refractivity contribution < 1.29 is 9.84 Å². The van der Waals surface area contributed by atoms with E-state index in [1.807, 2.05) is 6.07 Å². The summed E-state index contributed by atoms with van der Waals surface area (Å²) in [5.41, 5.74) is 2.12. The Balaban J connectivity index is 1.08. The molecule has 0 saturated carbocycles. The van der Waals surface area contributed by atoms with Crippen molar-refractivity contribution in [2.24, 2.45) is 0 Å². The number of aromatic nitrogens is 2. The molecule has 0 amide bonds. The maximum absolute atomic E-state index is 12.3. The average molecular weight is 414 g/mol. The molecule has 1 unspecified atom stereocenters. The summed E-state index contributed by atoms with van der Waals surface area (Å²) in [5, 5.41) is 10.2. The molecule has 1 atom stereocenters. The van der Waals surface area contributed by atoms with Crippen LogP contribution in [-0.2, 0) is 25.9 Å². The molecule has 0 bridgehead atoms. The summed E-state index contributed by atoms with van der Waals surface area (Å²) in [5.74, 6) is 1.24. The van der Waals surface area contributed by atoms with Crippen LogP contribution in [0.2, 0.25) is 0 Å². The Morgan fingerprint density at radius 1 is 1.10 bits per heavy atom. The van der Waals surface area contributed by atoms with Crippen LogP contribution in [0.5, 0.6) is 11.6 Å². The highest BCUT2D eigenvalue weighted by atomic mass is 16.5. The van der Waals surface area contributed by atoms with E-state index < -0.39 is 0 Å². The first-order chi connectivity index (χ1) is 14.6. The molecule has 30 heavy (non-hydrogen) atoms. The second-order valence-electron chi connectivity index (χ2n) is 8.78. The first-order valence-corrected chi connectivity index (χ1v) is 11.6. The van der Waals surface area contributed by atoms with Crippen molar-refractivity contribution in [2.75, 3.05) is 13.6 Å². The lowest BCUT2D eigenvalue weighted by Gasteiger charge is -2.32. The highest BCUT2D eigenvalue weighted by molar-refractivity contribution is 5.35. The van der Waals surface area contributed by atoms with Crippen LogP contribution in [-0.4, -0.2) is 39.0 Å². The van der Waals surface area contributed by atoms with Gasteiger partial charge in [-0.05, 0) is 50.8 Å². The molecule has 0 aliphatic carbocycles. The summed E-state index contributed by atoms with van der Waals surface area (Å²) >= 11 is 0. The van der Waals surface area contributed by atoms with Gasteiger partial charge in [-0.2, -0.15) is 0 Å². The van der Waals surface area contributed by atoms with Gasteiger partial charge in [0, 0.05) is 26.1 Å². The first-order valence-electron chi connectivity index (χ1n) is 11.6. The Morgan fingerprint density at radius 2 is 1.87 bits per heavy atom. The van der Waals surface area contributed by atoms with Crippen molar-refractivity contribution in [3.63, 3.8) is 0 Å². The maximum atomic E-state index is 12.3. The lowest BCUT2D eigenvalue weighted by Crippen LogP contribution is -2.39. The van der Waals surface area contributed by atoms with Gasteiger partial charge in [0.05, 0.1) is 5.69 Å². The summed E-state index contributed by atoms with van der Waals surface area (Å²) < 4.78 is 9.46. The molecule has 0 fully saturated rings. The summed E-state index contributed by atoms with van der Waals surface area (Å²) in [6.45, 7) is 2.45. The molecule has 2 aromatic rings. The molecule has 6 nitrogen and oxygen atoms in total. The van der Waals surface area contributed by atoms with Gasteiger partial charge in [0.15, 0.2) is 6.23 Å². The van der Waals surface area contributed by atoms with Gasteiger partial charge in [0.2, 0.25) is 5.88 Å². The predicted molar refractivity (Wildman–Crippen MR) is 118 cm³/mol. The van der Waals surface area contributed by atoms with Crippen LogP contribution in [0.25, 0.3) is 0 Å². The van der Waals surface area contributed by atoms with Crippen LogP contribution in [0.4, 0.5) is 0 Å². The second-order valence-corrected chi connectivity index (χ2v) is 8.78. The van der Waals surface area contributed by atoms with Crippen molar-refractivity contribution in [2.45, 2.75) is 83.5 Å². The van der Waals surface area contributed by atoms with Crippen LogP contribution in [0.3, 0.4) is 0 Å². The summed E-state index contributed by atoms with van der Waals surface area (Å²) in [7, 11) is 2.16. The Morgan fingerprint density at radius 3 is 2.70 bits per heavy atom. The van der Waals surface area contributed by atoms with Crippen LogP contribution < -0.4 is 10.4 Å². The SMILES string of the molecule is CN(CCCCCCCCn1c(O)c2n(c1=O)CCC2)C1CCc2ccccc2O1. The molecule has 1 aromatic carbocycles. The molecular weight excluding hydrogens is 378 g/mol. The van der Waals surface area contributed by atoms with E-state index in [9.17, 15) is 9.90 Å². The average Bonchev–Trinajstić information content (AvgIpc) is 3.34. The van der Waals surface area contributed by atoms with E-state index in [2.05, 4.69) is 30.1 Å². The first kappa shape index (κ1) is 21.0. The van der Waals surface area contributed by atoms with Crippen LogP contribution >= 0.6 is 0 Å². The zero-order chi connectivity index (χ0) is 20.9. The van der Waals surface area contributed by atoms with E-state index >= 15 is 0 Å². The third-order valence-corrected chi connectivity index (χ3v) is 6.63. The topological polar surface area (TPSA) is 59.6 Å². The highest BCUT2D eigenvalue weighted by Crippen LogP contribution is 2.28. The minimum atomic E-state index is -0.0319. The fraction of sp³-hybridized carbons (Fsp3) is 0.625. The minimum absolute atomic E-state index is 0.0319. The normalized spacial score (nSPS) is 17.7. The van der Waals surface area contributed by atoms with Crippen LogP contribution in [0.15, 0.2) is 29.1 Å². The molecule has 0 radical (unpaired) electrons. The quantitative estimate of drug-likeness (QED) is 0.600. The standard InChI is InChI=1S/C24H35N3O3/c1-25(22-15-14-19-11-6-7-13-21(19)30-22)16-8-4-2-3-5-9-17-27-23(28)20-12-10-18-26(20)24(27)29/h6-7,11,13,22,28H,2-5,8-10,12,14-18H2,1H3. The number of nitrogens with zero attached hydrogens (tertiary/aromatic N) is 3. The molecule has 1 N–H and O–H groups in total. The number of imidazole rings is 1. The molecular formula is C24H35N3O3. The van der Waals surface area contributed by atoms with E-state index in [0.717, 1.165) is 63.1 Å². The molecule has 6 heteroatoms. The van der Waals surface area contributed by atoms with Gasteiger partial charge in [-0.15, -0.1) is 0 Å². The van der Waals surface area contributed by atoms with Crippen LogP contribution in [0, 0.1) is 0 Å². The molecule has 0 saturated heterocycles. The van der Waals surface area contributed by atoms with Crippen molar-refractivity contribution in [3.8, 4) is 11.6 Å². The van der Waals surface area contributed by atoms with Gasteiger partial charge in [-0.3, -0.25) is 14.0 Å². The minimum Gasteiger partial charge on any atom is -0.493 e. The molecule has 0 spiro atoms. The molecule has 3 heterocycles. The highest BCUT2D eigenvalue weighted by Gasteiger charge is 2.23. The van der Waals surface area contributed by atoms with E-state index in [-0.39, 0.29) is 17.8 Å². The Kier molecular flexibility index (Phi) is 6.82. The number of rotatable bonds is 10. The Bertz CT molecular complexity index is 902. The molecule has 2 aliphatic rings. The monoisotopic (exact) mass is 413 g/mol. The summed E-state index contributed by atoms with van der Waals surface area (Å²) in [6.07, 6.45) is 11.0. The fourth-order valence-corrected chi connectivity index (χ4v) is 4.81. The number of unbranched alkanes of at least 4 members (excludes halogenated alkanes) is 5. The van der Waals surface area contributed by atoms with Gasteiger partial charge in [0.25, 0.3) is 0 Å². The number of para-hydroxylation sites is 1. The number of fused-ring (bicyclic) bond motifs is 2. The van der Waals surface area contributed by atoms with Gasteiger partial charge in [-0.1, -0.05) is 43.9 Å². The van der Waals surface area contributed by atoms with Crippen LogP contribution in [0.1, 0.15) is 62.6 Å². The third-order valence-electron chi connectivity index (χ3n) is 6.63. The lowest BCUT2D eigenvalue weighted by atomic mass is 10.0. The van der Waals surface area contributed by atoms with E-state index in [1.165, 1.54) is 31.2 Å². The van der Waals surface area contributed by atoms with Crippen molar-refractivity contribution >= 4 is 0 Å². The molecule has 1 aromatic heterocycles. The Hall–Kier alpha value is -2.21. The predicted octanol–water partition coefficient (Wildman–Crippen LogP) is 3.93. The number of aryl methyl sites for hydroxylation is 1. The molecule has 164 valence electrons. The van der Waals surface area contributed by atoms with Gasteiger partial charge in [-0.25, -0.2) is 4.79 Å². The van der Waals surface area contributed by atoms with Crippen molar-refractivity contribution in [1.29, 1.82) is 0 Å². The zero-order valence-electron chi connectivity index (χ0n) is 18.2. The summed E-state index contributed by atoms with van der Waals surface area (Å²) in [6, 6.07) is 8.36. The number of benzene rings is 1. The third kappa shape index (κ3) is 4.59. The van der Waals surface area contributed by atoms with Gasteiger partial charge in [0.1, 0.15) is 5.75 Å². The smallest absolute Gasteiger partial charge is 0.331 e. The maximum Gasteiger partial charge on any atom is 0.331 e. The molecule has 4 rings (SSSR count). The van der Waals surface area contributed by atoms with Gasteiger partial charge < -0.3 is 9.84 Å². The summed E-state index contributed by atoms with van der Waals surface area (Å²) in [4.78, 5) is 14.6. The number of ether oxygens (including phenoxy) is 1.